The molecule has 0 aromatic rings. The van der Waals surface area contributed by atoms with Gasteiger partial charge in [0.1, 0.15) is 0 Å². The average molecular weight is 279 g/mol. The highest BCUT2D eigenvalue weighted by atomic mass is 16.4. The van der Waals surface area contributed by atoms with Crippen molar-refractivity contribution in [3.8, 4) is 0 Å². The zero-order valence-electron chi connectivity index (χ0n) is 13.0. The molecule has 0 aromatic heterocycles. The minimum Gasteiger partial charge on any atom is -0.481 e. The van der Waals surface area contributed by atoms with Gasteiger partial charge < -0.3 is 10.0 Å². The maximum atomic E-state index is 10.9. The van der Waals surface area contributed by atoms with E-state index < -0.39 is 5.97 Å². The molecular formula is C17H29NO2. The Morgan fingerprint density at radius 2 is 1.70 bits per heavy atom. The van der Waals surface area contributed by atoms with Crippen LogP contribution >= 0.6 is 0 Å². The molecule has 20 heavy (non-hydrogen) atoms. The fourth-order valence-corrected chi connectivity index (χ4v) is 5.66. The topological polar surface area (TPSA) is 40.5 Å². The number of carboxylic acid groups (broad SMARTS) is 1. The van der Waals surface area contributed by atoms with Gasteiger partial charge in [0.2, 0.25) is 0 Å². The summed E-state index contributed by atoms with van der Waals surface area (Å²) in [7, 11) is 2.08. The van der Waals surface area contributed by atoms with E-state index in [2.05, 4.69) is 11.9 Å². The molecule has 3 nitrogen and oxygen atoms in total. The maximum absolute atomic E-state index is 10.9. The summed E-state index contributed by atoms with van der Waals surface area (Å²) in [5.74, 6) is 2.13. The zero-order chi connectivity index (χ0) is 14.3. The number of carboxylic acids is 1. The smallest absolute Gasteiger partial charge is 0.307 e. The van der Waals surface area contributed by atoms with Crippen molar-refractivity contribution >= 4 is 5.97 Å². The van der Waals surface area contributed by atoms with Crippen LogP contribution in [-0.2, 0) is 4.79 Å². The summed E-state index contributed by atoms with van der Waals surface area (Å²) in [5, 5.41) is 9.00. The van der Waals surface area contributed by atoms with Crippen LogP contribution in [0.2, 0.25) is 0 Å². The molecule has 114 valence electrons. The van der Waals surface area contributed by atoms with E-state index in [0.717, 1.165) is 24.3 Å². The molecule has 1 N–H and O–H groups in total. The molecule has 0 heterocycles. The van der Waals surface area contributed by atoms with Gasteiger partial charge in [-0.15, -0.1) is 0 Å². The first-order valence-electron chi connectivity index (χ1n) is 8.37. The molecule has 4 aliphatic carbocycles. The van der Waals surface area contributed by atoms with Gasteiger partial charge in [0.05, 0.1) is 5.92 Å². The Labute approximate surface area is 122 Å². The SMILES string of the molecule is CC(CN(C)CCC12CC3CC(CC(C3)C1)C2)C(=O)O. The Morgan fingerprint density at radius 1 is 1.20 bits per heavy atom. The van der Waals surface area contributed by atoms with Crippen LogP contribution in [0.15, 0.2) is 0 Å². The highest BCUT2D eigenvalue weighted by Gasteiger charge is 2.50. The van der Waals surface area contributed by atoms with Crippen molar-refractivity contribution in [1.29, 1.82) is 0 Å². The van der Waals surface area contributed by atoms with Gasteiger partial charge in [-0.1, -0.05) is 6.92 Å². The predicted octanol–water partition coefficient (Wildman–Crippen LogP) is 3.25. The summed E-state index contributed by atoms with van der Waals surface area (Å²) in [5.41, 5.74) is 0.621. The second-order valence-corrected chi connectivity index (χ2v) is 8.17. The molecule has 4 bridgehead atoms. The lowest BCUT2D eigenvalue weighted by Gasteiger charge is -2.57. The van der Waals surface area contributed by atoms with Crippen LogP contribution in [0.3, 0.4) is 0 Å². The third-order valence-electron chi connectivity index (χ3n) is 6.20. The molecule has 0 radical (unpaired) electrons. The molecule has 4 saturated carbocycles. The number of hydrogen-bond donors (Lipinski definition) is 1. The van der Waals surface area contributed by atoms with Crippen LogP contribution in [0.5, 0.6) is 0 Å². The normalized spacial score (nSPS) is 40.2. The number of rotatable bonds is 6. The van der Waals surface area contributed by atoms with Gasteiger partial charge >= 0.3 is 5.97 Å². The molecule has 1 unspecified atom stereocenters. The monoisotopic (exact) mass is 279 g/mol. The molecule has 0 spiro atoms. The van der Waals surface area contributed by atoms with Crippen molar-refractivity contribution in [3.63, 3.8) is 0 Å². The van der Waals surface area contributed by atoms with Crippen molar-refractivity contribution < 1.29 is 9.90 Å². The van der Waals surface area contributed by atoms with Gasteiger partial charge in [0, 0.05) is 6.54 Å². The third-order valence-corrected chi connectivity index (χ3v) is 6.20. The Bertz CT molecular complexity index is 344. The van der Waals surface area contributed by atoms with Gasteiger partial charge in [0.15, 0.2) is 0 Å². The standard InChI is InChI=1S/C17H29NO2/c1-12(16(19)20)11-18(2)4-3-17-8-13-5-14(9-17)7-15(6-13)10-17/h12-15H,3-11H2,1-2H3,(H,19,20). The average Bonchev–Trinajstić information content (AvgIpc) is 2.34. The van der Waals surface area contributed by atoms with Crippen LogP contribution in [0.25, 0.3) is 0 Å². The highest BCUT2D eigenvalue weighted by Crippen LogP contribution is 2.61. The van der Waals surface area contributed by atoms with E-state index >= 15 is 0 Å². The van der Waals surface area contributed by atoms with E-state index in [1.54, 1.807) is 0 Å². The Kier molecular flexibility index (Phi) is 3.83. The Hall–Kier alpha value is -0.570. The molecule has 4 aliphatic rings. The van der Waals surface area contributed by atoms with E-state index in [1.807, 2.05) is 6.92 Å². The lowest BCUT2D eigenvalue weighted by Crippen LogP contribution is -2.47. The predicted molar refractivity (Wildman–Crippen MR) is 79.5 cm³/mol. The minimum absolute atomic E-state index is 0.253. The van der Waals surface area contributed by atoms with Crippen LogP contribution < -0.4 is 0 Å². The second kappa shape index (κ2) is 5.32. The zero-order valence-corrected chi connectivity index (χ0v) is 13.0. The van der Waals surface area contributed by atoms with Crippen molar-refractivity contribution in [1.82, 2.24) is 4.90 Å². The number of aliphatic carboxylic acids is 1. The summed E-state index contributed by atoms with van der Waals surface area (Å²) in [6.45, 7) is 3.56. The minimum atomic E-state index is -0.674. The van der Waals surface area contributed by atoms with Crippen LogP contribution in [0, 0.1) is 29.1 Å². The van der Waals surface area contributed by atoms with Gasteiger partial charge in [-0.05, 0) is 81.7 Å². The van der Waals surface area contributed by atoms with Gasteiger partial charge in [-0.25, -0.2) is 0 Å². The number of hydrogen-bond acceptors (Lipinski definition) is 2. The lowest BCUT2D eigenvalue weighted by atomic mass is 9.49. The van der Waals surface area contributed by atoms with Crippen molar-refractivity contribution in [2.45, 2.75) is 51.9 Å². The van der Waals surface area contributed by atoms with Crippen molar-refractivity contribution in [3.05, 3.63) is 0 Å². The van der Waals surface area contributed by atoms with Crippen LogP contribution in [0.4, 0.5) is 0 Å². The molecule has 0 aromatic carbocycles. The third kappa shape index (κ3) is 2.88. The summed E-state index contributed by atoms with van der Waals surface area (Å²) in [6.07, 6.45) is 10.2. The maximum Gasteiger partial charge on any atom is 0.307 e. The first kappa shape index (κ1) is 14.4. The van der Waals surface area contributed by atoms with Crippen molar-refractivity contribution in [2.24, 2.45) is 29.1 Å². The van der Waals surface area contributed by atoms with Crippen LogP contribution in [0.1, 0.15) is 51.9 Å². The Morgan fingerprint density at radius 3 is 2.15 bits per heavy atom. The molecule has 4 rings (SSSR count). The molecule has 0 aliphatic heterocycles. The van der Waals surface area contributed by atoms with Crippen LogP contribution in [-0.4, -0.2) is 36.1 Å². The second-order valence-electron chi connectivity index (χ2n) is 8.17. The first-order chi connectivity index (χ1) is 9.46. The van der Waals surface area contributed by atoms with E-state index in [9.17, 15) is 4.79 Å². The molecule has 0 amide bonds. The summed E-state index contributed by atoms with van der Waals surface area (Å²) in [4.78, 5) is 13.2. The Balaban J connectivity index is 1.52. The van der Waals surface area contributed by atoms with E-state index in [1.165, 1.54) is 44.9 Å². The summed E-state index contributed by atoms with van der Waals surface area (Å²) < 4.78 is 0. The summed E-state index contributed by atoms with van der Waals surface area (Å²) >= 11 is 0. The van der Waals surface area contributed by atoms with Crippen molar-refractivity contribution in [2.75, 3.05) is 20.1 Å². The lowest BCUT2D eigenvalue weighted by molar-refractivity contribution is -0.141. The summed E-state index contributed by atoms with van der Waals surface area (Å²) in [6, 6.07) is 0. The molecular weight excluding hydrogens is 250 g/mol. The van der Waals surface area contributed by atoms with Gasteiger partial charge in [-0.2, -0.15) is 0 Å². The first-order valence-corrected chi connectivity index (χ1v) is 8.37. The van der Waals surface area contributed by atoms with Gasteiger partial charge in [-0.3, -0.25) is 4.79 Å². The van der Waals surface area contributed by atoms with Gasteiger partial charge in [0.25, 0.3) is 0 Å². The quantitative estimate of drug-likeness (QED) is 0.811. The molecule has 4 fully saturated rings. The fraction of sp³-hybridized carbons (Fsp3) is 0.941. The van der Waals surface area contributed by atoms with E-state index in [0.29, 0.717) is 12.0 Å². The highest BCUT2D eigenvalue weighted by molar-refractivity contribution is 5.69. The molecule has 1 atom stereocenters. The number of nitrogens with zero attached hydrogens (tertiary/aromatic N) is 1. The molecule has 3 heteroatoms. The number of carbonyl (C=O) groups is 1. The van der Waals surface area contributed by atoms with E-state index in [-0.39, 0.29) is 5.92 Å². The fourth-order valence-electron chi connectivity index (χ4n) is 5.66. The molecule has 0 saturated heterocycles. The van der Waals surface area contributed by atoms with E-state index in [4.69, 9.17) is 5.11 Å². The largest absolute Gasteiger partial charge is 0.481 e.